The molecule has 1 aromatic rings. The predicted octanol–water partition coefficient (Wildman–Crippen LogP) is 1.72. The Bertz CT molecular complexity index is 551. The molecule has 2 rings (SSSR count). The average Bonchev–Trinajstić information content (AvgIpc) is 2.62. The van der Waals surface area contributed by atoms with Crippen molar-refractivity contribution in [3.05, 3.63) is 23.8 Å². The second kappa shape index (κ2) is 4.47. The van der Waals surface area contributed by atoms with Gasteiger partial charge in [0.25, 0.3) is 0 Å². The number of anilines is 1. The van der Waals surface area contributed by atoms with Gasteiger partial charge in [-0.15, -0.1) is 0 Å². The van der Waals surface area contributed by atoms with Gasteiger partial charge in [-0.2, -0.15) is 4.31 Å². The highest BCUT2D eigenvalue weighted by Crippen LogP contribution is 2.29. The van der Waals surface area contributed by atoms with Crippen LogP contribution in [0.2, 0.25) is 0 Å². The molecule has 1 aromatic carbocycles. The fourth-order valence-corrected chi connectivity index (χ4v) is 4.00. The van der Waals surface area contributed by atoms with E-state index in [-0.39, 0.29) is 18.3 Å². The van der Waals surface area contributed by atoms with Gasteiger partial charge in [-0.3, -0.25) is 0 Å². The van der Waals surface area contributed by atoms with Crippen molar-refractivity contribution >= 4 is 15.7 Å². The van der Waals surface area contributed by atoms with Gasteiger partial charge < -0.3 is 5.73 Å². The Balaban J connectivity index is 2.54. The van der Waals surface area contributed by atoms with Crippen LogP contribution in [0.5, 0.6) is 0 Å². The third-order valence-electron chi connectivity index (χ3n) is 3.08. The maximum absolute atomic E-state index is 13.7. The van der Waals surface area contributed by atoms with E-state index in [9.17, 15) is 17.2 Å². The third kappa shape index (κ3) is 2.08. The minimum Gasteiger partial charge on any atom is -0.399 e. The lowest BCUT2D eigenvalue weighted by Crippen LogP contribution is -2.34. The summed E-state index contributed by atoms with van der Waals surface area (Å²) in [6, 6.07) is 1.39. The van der Waals surface area contributed by atoms with Crippen molar-refractivity contribution in [3.63, 3.8) is 0 Å². The normalized spacial score (nSPS) is 21.4. The van der Waals surface area contributed by atoms with Crippen molar-refractivity contribution in [3.8, 4) is 0 Å². The van der Waals surface area contributed by atoms with Gasteiger partial charge >= 0.3 is 0 Å². The lowest BCUT2D eigenvalue weighted by atomic mass is 10.3. The predicted molar refractivity (Wildman–Crippen MR) is 63.4 cm³/mol. The van der Waals surface area contributed by atoms with E-state index in [2.05, 4.69) is 0 Å². The molecule has 100 valence electrons. The second-order valence-electron chi connectivity index (χ2n) is 4.42. The molecule has 1 aliphatic rings. The van der Waals surface area contributed by atoms with Crippen LogP contribution in [0, 0.1) is 11.6 Å². The van der Waals surface area contributed by atoms with Crippen LogP contribution >= 0.6 is 0 Å². The zero-order valence-electron chi connectivity index (χ0n) is 9.86. The fourth-order valence-electron chi connectivity index (χ4n) is 2.21. The number of hydrogen-bond donors (Lipinski definition) is 1. The van der Waals surface area contributed by atoms with Crippen LogP contribution in [0.1, 0.15) is 19.8 Å². The minimum atomic E-state index is -4.14. The molecule has 0 saturated carbocycles. The highest BCUT2D eigenvalue weighted by molar-refractivity contribution is 7.89. The van der Waals surface area contributed by atoms with E-state index in [4.69, 9.17) is 5.73 Å². The molecule has 4 nitrogen and oxygen atoms in total. The second-order valence-corrected chi connectivity index (χ2v) is 6.25. The summed E-state index contributed by atoms with van der Waals surface area (Å²) in [6.45, 7) is 2.00. The van der Waals surface area contributed by atoms with Gasteiger partial charge in [-0.05, 0) is 31.9 Å². The monoisotopic (exact) mass is 276 g/mol. The summed E-state index contributed by atoms with van der Waals surface area (Å²) in [4.78, 5) is -0.912. The SMILES string of the molecule is CC1CCCN1S(=O)(=O)c1c(F)cc(N)cc1F. The molecular weight excluding hydrogens is 262 g/mol. The standard InChI is InChI=1S/C11H14F2N2O2S/c1-7-3-2-4-15(7)18(16,17)11-9(12)5-8(14)6-10(11)13/h5-7H,2-4,14H2,1H3. The third-order valence-corrected chi connectivity index (χ3v) is 5.15. The zero-order chi connectivity index (χ0) is 13.5. The number of benzene rings is 1. The van der Waals surface area contributed by atoms with Gasteiger partial charge in [0.15, 0.2) is 4.90 Å². The van der Waals surface area contributed by atoms with E-state index >= 15 is 0 Å². The van der Waals surface area contributed by atoms with E-state index < -0.39 is 26.6 Å². The summed E-state index contributed by atoms with van der Waals surface area (Å²) in [5.41, 5.74) is 5.12. The van der Waals surface area contributed by atoms with Crippen molar-refractivity contribution in [1.29, 1.82) is 0 Å². The van der Waals surface area contributed by atoms with Crippen LogP contribution in [0.3, 0.4) is 0 Å². The highest BCUT2D eigenvalue weighted by Gasteiger charge is 2.36. The van der Waals surface area contributed by atoms with Crippen molar-refractivity contribution in [2.24, 2.45) is 0 Å². The molecule has 1 heterocycles. The molecular formula is C11H14F2N2O2S. The topological polar surface area (TPSA) is 63.4 Å². The number of hydrogen-bond acceptors (Lipinski definition) is 3. The van der Waals surface area contributed by atoms with Gasteiger partial charge in [0.2, 0.25) is 10.0 Å². The van der Waals surface area contributed by atoms with Gasteiger partial charge in [0, 0.05) is 18.3 Å². The van der Waals surface area contributed by atoms with E-state index in [0.717, 1.165) is 16.4 Å². The van der Waals surface area contributed by atoms with Crippen molar-refractivity contribution < 1.29 is 17.2 Å². The molecule has 0 aliphatic carbocycles. The number of nitrogens with zero attached hydrogens (tertiary/aromatic N) is 1. The number of sulfonamides is 1. The number of nitrogens with two attached hydrogens (primary N) is 1. The summed E-state index contributed by atoms with van der Waals surface area (Å²) < 4.78 is 52.9. The number of nitrogen functional groups attached to an aromatic ring is 1. The van der Waals surface area contributed by atoms with Crippen molar-refractivity contribution in [2.45, 2.75) is 30.7 Å². The summed E-state index contributed by atoms with van der Waals surface area (Å²) >= 11 is 0. The summed E-state index contributed by atoms with van der Waals surface area (Å²) in [5, 5.41) is 0. The molecule has 0 bridgehead atoms. The zero-order valence-corrected chi connectivity index (χ0v) is 10.7. The molecule has 0 radical (unpaired) electrons. The molecule has 7 heteroatoms. The van der Waals surface area contributed by atoms with E-state index in [1.54, 1.807) is 6.92 Å². The molecule has 1 unspecified atom stereocenters. The Morgan fingerprint density at radius 2 is 1.89 bits per heavy atom. The molecule has 1 aliphatic heterocycles. The maximum Gasteiger partial charge on any atom is 0.249 e. The molecule has 1 fully saturated rings. The first-order valence-electron chi connectivity index (χ1n) is 5.60. The summed E-state index contributed by atoms with van der Waals surface area (Å²) in [5.74, 6) is -2.29. The molecule has 0 spiro atoms. The first-order chi connectivity index (χ1) is 8.34. The van der Waals surface area contributed by atoms with Gasteiger partial charge in [0.05, 0.1) is 0 Å². The Kier molecular flexibility index (Phi) is 3.29. The van der Waals surface area contributed by atoms with Crippen LogP contribution in [0.4, 0.5) is 14.5 Å². The first kappa shape index (κ1) is 13.2. The fraction of sp³-hybridized carbons (Fsp3) is 0.455. The van der Waals surface area contributed by atoms with Crippen LogP contribution < -0.4 is 5.73 Å². The lowest BCUT2D eigenvalue weighted by molar-refractivity contribution is 0.399. The largest absolute Gasteiger partial charge is 0.399 e. The Hall–Kier alpha value is -1.21. The van der Waals surface area contributed by atoms with Crippen molar-refractivity contribution in [2.75, 3.05) is 12.3 Å². The summed E-state index contributed by atoms with van der Waals surface area (Å²) in [7, 11) is -4.14. The molecule has 18 heavy (non-hydrogen) atoms. The maximum atomic E-state index is 13.7. The summed E-state index contributed by atoms with van der Waals surface area (Å²) in [6.07, 6.45) is 1.38. The van der Waals surface area contributed by atoms with E-state index in [0.29, 0.717) is 12.8 Å². The Labute approximate surface area is 104 Å². The average molecular weight is 276 g/mol. The van der Waals surface area contributed by atoms with Gasteiger partial charge in [-0.1, -0.05) is 0 Å². The van der Waals surface area contributed by atoms with Gasteiger partial charge in [-0.25, -0.2) is 17.2 Å². The van der Waals surface area contributed by atoms with Crippen LogP contribution in [0.15, 0.2) is 17.0 Å². The highest BCUT2D eigenvalue weighted by atomic mass is 32.2. The van der Waals surface area contributed by atoms with Crippen LogP contribution in [0.25, 0.3) is 0 Å². The number of halogens is 2. The Morgan fingerprint density at radius 3 is 2.33 bits per heavy atom. The lowest BCUT2D eigenvalue weighted by Gasteiger charge is -2.21. The van der Waals surface area contributed by atoms with Gasteiger partial charge in [0.1, 0.15) is 11.6 Å². The minimum absolute atomic E-state index is 0.140. The molecule has 1 atom stereocenters. The molecule has 1 saturated heterocycles. The smallest absolute Gasteiger partial charge is 0.249 e. The number of rotatable bonds is 2. The van der Waals surface area contributed by atoms with E-state index in [1.165, 1.54) is 0 Å². The Morgan fingerprint density at radius 1 is 1.33 bits per heavy atom. The van der Waals surface area contributed by atoms with E-state index in [1.807, 2.05) is 0 Å². The molecule has 0 amide bonds. The van der Waals surface area contributed by atoms with Crippen LogP contribution in [-0.2, 0) is 10.0 Å². The molecule has 2 N–H and O–H groups in total. The quantitative estimate of drug-likeness (QED) is 0.837. The van der Waals surface area contributed by atoms with Crippen LogP contribution in [-0.4, -0.2) is 25.3 Å². The van der Waals surface area contributed by atoms with Crippen molar-refractivity contribution in [1.82, 2.24) is 4.31 Å². The first-order valence-corrected chi connectivity index (χ1v) is 7.04. The molecule has 0 aromatic heterocycles.